The van der Waals surface area contributed by atoms with Gasteiger partial charge in [-0.2, -0.15) is 10.1 Å². The molecule has 10 heteroatoms. The number of aromatic nitrogens is 3. The minimum atomic E-state index is -0.760. The van der Waals surface area contributed by atoms with Crippen LogP contribution in [0.25, 0.3) is 0 Å². The van der Waals surface area contributed by atoms with Crippen LogP contribution in [0.3, 0.4) is 0 Å². The minimum Gasteiger partial charge on any atom is -0.502 e. The van der Waals surface area contributed by atoms with Gasteiger partial charge >= 0.3 is 11.7 Å². The molecule has 1 unspecified atom stereocenters. The van der Waals surface area contributed by atoms with E-state index < -0.39 is 28.4 Å². The van der Waals surface area contributed by atoms with E-state index in [0.29, 0.717) is 22.8 Å². The second kappa shape index (κ2) is 7.53. The van der Waals surface area contributed by atoms with Gasteiger partial charge in [0.25, 0.3) is 0 Å². The molecule has 1 saturated carbocycles. The number of rotatable bonds is 4. The Morgan fingerprint density at radius 3 is 2.83 bits per heavy atom. The molecule has 0 spiro atoms. The number of anilines is 1. The van der Waals surface area contributed by atoms with Crippen molar-refractivity contribution < 1.29 is 19.6 Å². The van der Waals surface area contributed by atoms with Crippen LogP contribution in [0, 0.1) is 10.1 Å². The molecule has 29 heavy (non-hydrogen) atoms. The van der Waals surface area contributed by atoms with E-state index in [4.69, 9.17) is 4.74 Å². The Kier molecular flexibility index (Phi) is 4.91. The zero-order chi connectivity index (χ0) is 20.5. The van der Waals surface area contributed by atoms with Crippen molar-refractivity contribution in [3.05, 3.63) is 51.5 Å². The molecule has 1 aromatic carbocycles. The third kappa shape index (κ3) is 3.53. The smallest absolute Gasteiger partial charge is 0.338 e. The van der Waals surface area contributed by atoms with Gasteiger partial charge in [0.15, 0.2) is 5.75 Å². The summed E-state index contributed by atoms with van der Waals surface area (Å²) in [6.07, 6.45) is 6.05. The summed E-state index contributed by atoms with van der Waals surface area (Å²) in [7, 11) is 0. The summed E-state index contributed by atoms with van der Waals surface area (Å²) in [5.41, 5.74) is 0.846. The molecule has 2 N–H and O–H groups in total. The van der Waals surface area contributed by atoms with Crippen LogP contribution in [0.15, 0.2) is 35.8 Å². The molecule has 2 heterocycles. The number of hydrogen-bond donors (Lipinski definition) is 2. The molecule has 0 radical (unpaired) electrons. The molecule has 1 aliphatic carbocycles. The normalized spacial score (nSPS) is 19.4. The Morgan fingerprint density at radius 2 is 2.10 bits per heavy atom. The van der Waals surface area contributed by atoms with E-state index in [0.717, 1.165) is 32.1 Å². The van der Waals surface area contributed by atoms with Crippen LogP contribution in [0.1, 0.15) is 50.6 Å². The van der Waals surface area contributed by atoms with Gasteiger partial charge in [-0.05, 0) is 44.2 Å². The highest BCUT2D eigenvalue weighted by molar-refractivity contribution is 5.92. The zero-order valence-electron chi connectivity index (χ0n) is 15.9. The van der Waals surface area contributed by atoms with Gasteiger partial charge in [-0.1, -0.05) is 12.5 Å². The fourth-order valence-electron chi connectivity index (χ4n) is 3.92. The number of nitrogens with one attached hydrogen (secondary N) is 1. The fourth-order valence-corrected chi connectivity index (χ4v) is 3.92. The highest BCUT2D eigenvalue weighted by Crippen LogP contribution is 2.38. The SMILES string of the molecule is CC1=C(C(=O)OC2CCCCC2)C(c2ccc(O)c([N+](=O)[O-])c2)n2ncnc2N1. The lowest BCUT2D eigenvalue weighted by Crippen LogP contribution is -2.32. The molecule has 152 valence electrons. The summed E-state index contributed by atoms with van der Waals surface area (Å²) in [5, 5.41) is 28.3. The molecule has 1 aliphatic heterocycles. The molecule has 10 nitrogen and oxygen atoms in total. The monoisotopic (exact) mass is 399 g/mol. The number of hydrogen-bond acceptors (Lipinski definition) is 8. The number of benzene rings is 1. The van der Waals surface area contributed by atoms with Crippen molar-refractivity contribution in [3.63, 3.8) is 0 Å². The largest absolute Gasteiger partial charge is 0.502 e. The maximum absolute atomic E-state index is 13.1. The zero-order valence-corrected chi connectivity index (χ0v) is 15.9. The van der Waals surface area contributed by atoms with Crippen molar-refractivity contribution in [2.24, 2.45) is 0 Å². The van der Waals surface area contributed by atoms with Crippen molar-refractivity contribution in [2.45, 2.75) is 51.2 Å². The Bertz CT molecular complexity index is 993. The van der Waals surface area contributed by atoms with Crippen molar-refractivity contribution in [2.75, 3.05) is 5.32 Å². The van der Waals surface area contributed by atoms with Crippen molar-refractivity contribution in [3.8, 4) is 5.75 Å². The van der Waals surface area contributed by atoms with Gasteiger partial charge in [-0.15, -0.1) is 0 Å². The number of aromatic hydroxyl groups is 1. The molecule has 0 saturated heterocycles. The van der Waals surface area contributed by atoms with Crippen molar-refractivity contribution in [1.82, 2.24) is 14.8 Å². The highest BCUT2D eigenvalue weighted by atomic mass is 16.6. The Balaban J connectivity index is 1.75. The number of nitrogens with zero attached hydrogens (tertiary/aromatic N) is 4. The van der Waals surface area contributed by atoms with E-state index in [1.165, 1.54) is 29.2 Å². The molecule has 4 rings (SSSR count). The summed E-state index contributed by atoms with van der Waals surface area (Å²) < 4.78 is 7.25. The predicted molar refractivity (Wildman–Crippen MR) is 102 cm³/mol. The first-order valence-electron chi connectivity index (χ1n) is 9.51. The molecule has 1 fully saturated rings. The summed E-state index contributed by atoms with van der Waals surface area (Å²) in [6.45, 7) is 1.73. The number of carbonyl (C=O) groups excluding carboxylic acids is 1. The van der Waals surface area contributed by atoms with Crippen LogP contribution < -0.4 is 5.32 Å². The van der Waals surface area contributed by atoms with Crippen LogP contribution in [-0.4, -0.2) is 36.9 Å². The standard InChI is InChI=1S/C19H21N5O5/c1-11-16(18(26)29-13-5-3-2-4-6-13)17(23-19(22-11)20-10-21-23)12-7-8-15(25)14(9-12)24(27)28/h7-10,13,17,25H,2-6H2,1H3,(H,20,21,22). The van der Waals surface area contributed by atoms with E-state index >= 15 is 0 Å². The van der Waals surface area contributed by atoms with Gasteiger partial charge < -0.3 is 15.2 Å². The second-order valence-corrected chi connectivity index (χ2v) is 7.27. The summed E-state index contributed by atoms with van der Waals surface area (Å²) in [6, 6.07) is 3.26. The molecule has 1 atom stereocenters. The lowest BCUT2D eigenvalue weighted by atomic mass is 9.94. The van der Waals surface area contributed by atoms with Crippen molar-refractivity contribution in [1.29, 1.82) is 0 Å². The first-order valence-corrected chi connectivity index (χ1v) is 9.51. The Morgan fingerprint density at radius 1 is 1.34 bits per heavy atom. The Hall–Kier alpha value is -3.43. The number of allylic oxidation sites excluding steroid dienone is 1. The molecule has 2 aromatic rings. The van der Waals surface area contributed by atoms with Crippen LogP contribution in [0.2, 0.25) is 0 Å². The lowest BCUT2D eigenvalue weighted by Gasteiger charge is -2.30. The van der Waals surface area contributed by atoms with Gasteiger partial charge in [0, 0.05) is 11.8 Å². The number of phenolic OH excluding ortho intramolecular Hbond substituents is 1. The number of nitro benzene ring substituents is 1. The number of ether oxygens (including phenoxy) is 1. The van der Waals surface area contributed by atoms with Gasteiger partial charge in [-0.3, -0.25) is 10.1 Å². The highest BCUT2D eigenvalue weighted by Gasteiger charge is 2.36. The average molecular weight is 399 g/mol. The molecule has 2 aliphatic rings. The number of carbonyl (C=O) groups is 1. The minimum absolute atomic E-state index is 0.136. The summed E-state index contributed by atoms with van der Waals surface area (Å²) in [4.78, 5) is 27.9. The maximum Gasteiger partial charge on any atom is 0.338 e. The van der Waals surface area contributed by atoms with Gasteiger partial charge in [0.2, 0.25) is 5.95 Å². The summed E-state index contributed by atoms with van der Waals surface area (Å²) in [5.74, 6) is -0.514. The lowest BCUT2D eigenvalue weighted by molar-refractivity contribution is -0.385. The van der Waals surface area contributed by atoms with E-state index in [-0.39, 0.29) is 6.10 Å². The number of phenols is 1. The number of esters is 1. The van der Waals surface area contributed by atoms with Crippen LogP contribution in [-0.2, 0) is 9.53 Å². The molecule has 0 amide bonds. The summed E-state index contributed by atoms with van der Waals surface area (Å²) >= 11 is 0. The van der Waals surface area contributed by atoms with Crippen LogP contribution in [0.4, 0.5) is 11.6 Å². The first-order chi connectivity index (χ1) is 14.0. The first kappa shape index (κ1) is 18.9. The average Bonchev–Trinajstić information content (AvgIpc) is 3.16. The van der Waals surface area contributed by atoms with E-state index in [1.807, 2.05) is 0 Å². The van der Waals surface area contributed by atoms with Gasteiger partial charge in [0.1, 0.15) is 18.5 Å². The van der Waals surface area contributed by atoms with Crippen molar-refractivity contribution >= 4 is 17.6 Å². The quantitative estimate of drug-likeness (QED) is 0.455. The van der Waals surface area contributed by atoms with E-state index in [9.17, 15) is 20.0 Å². The van der Waals surface area contributed by atoms with Crippen LogP contribution in [0.5, 0.6) is 5.75 Å². The number of nitro groups is 1. The third-order valence-electron chi connectivity index (χ3n) is 5.35. The Labute approximate surface area is 166 Å². The van der Waals surface area contributed by atoms with E-state index in [1.54, 1.807) is 6.92 Å². The maximum atomic E-state index is 13.1. The topological polar surface area (TPSA) is 132 Å². The third-order valence-corrected chi connectivity index (χ3v) is 5.35. The van der Waals surface area contributed by atoms with Gasteiger partial charge in [0.05, 0.1) is 10.5 Å². The van der Waals surface area contributed by atoms with Gasteiger partial charge in [-0.25, -0.2) is 9.48 Å². The second-order valence-electron chi connectivity index (χ2n) is 7.27. The molecule has 0 bridgehead atoms. The van der Waals surface area contributed by atoms with Crippen LogP contribution >= 0.6 is 0 Å². The fraction of sp³-hybridized carbons (Fsp3) is 0.421. The molecular formula is C19H21N5O5. The van der Waals surface area contributed by atoms with E-state index in [2.05, 4.69) is 15.4 Å². The molecule has 1 aromatic heterocycles. The number of fused-ring (bicyclic) bond motifs is 1. The predicted octanol–water partition coefficient (Wildman–Crippen LogP) is 3.06. The molecular weight excluding hydrogens is 378 g/mol.